The maximum atomic E-state index is 12.1. The lowest BCUT2D eigenvalue weighted by Gasteiger charge is -2.36. The zero-order valence-electron chi connectivity index (χ0n) is 12.5. The second kappa shape index (κ2) is 5.72. The smallest absolute Gasteiger partial charge is 0.328 e. The van der Waals surface area contributed by atoms with Gasteiger partial charge < -0.3 is 9.64 Å². The van der Waals surface area contributed by atoms with E-state index in [1.807, 2.05) is 25.1 Å². The molecule has 4 heteroatoms. The summed E-state index contributed by atoms with van der Waals surface area (Å²) in [4.78, 5) is 18.9. The van der Waals surface area contributed by atoms with Crippen LogP contribution in [0.25, 0.3) is 10.9 Å². The molecular formula is C17H20N2O2. The fraction of sp³-hybridized carbons (Fsp3) is 0.412. The van der Waals surface area contributed by atoms with Crippen LogP contribution in [0.3, 0.4) is 0 Å². The van der Waals surface area contributed by atoms with Crippen LogP contribution in [0.2, 0.25) is 0 Å². The Morgan fingerprint density at radius 3 is 2.95 bits per heavy atom. The topological polar surface area (TPSA) is 42.4 Å². The first-order valence-corrected chi connectivity index (χ1v) is 7.41. The van der Waals surface area contributed by atoms with Crippen LogP contribution in [-0.2, 0) is 9.53 Å². The molecule has 4 nitrogen and oxygen atoms in total. The molecule has 1 fully saturated rings. The standard InChI is InChI=1S/C17H20N2O2/c1-12-11-16(13-7-3-4-8-14(13)18-12)19-10-6-5-9-15(19)17(20)21-2/h3-4,7-8,11,15H,5-6,9-10H2,1-2H3. The van der Waals surface area contributed by atoms with Gasteiger partial charge in [0, 0.05) is 23.3 Å². The molecule has 0 amide bonds. The van der Waals surface area contributed by atoms with Crippen molar-refractivity contribution in [2.24, 2.45) is 0 Å². The van der Waals surface area contributed by atoms with Crippen LogP contribution in [0.5, 0.6) is 0 Å². The van der Waals surface area contributed by atoms with Gasteiger partial charge in [0.15, 0.2) is 0 Å². The van der Waals surface area contributed by atoms with E-state index in [2.05, 4.69) is 22.0 Å². The van der Waals surface area contributed by atoms with E-state index in [9.17, 15) is 4.79 Å². The fourth-order valence-corrected chi connectivity index (χ4v) is 3.12. The number of rotatable bonds is 2. The van der Waals surface area contributed by atoms with Crippen molar-refractivity contribution >= 4 is 22.6 Å². The summed E-state index contributed by atoms with van der Waals surface area (Å²) in [5, 5.41) is 1.10. The van der Waals surface area contributed by atoms with Gasteiger partial charge in [0.1, 0.15) is 6.04 Å². The van der Waals surface area contributed by atoms with E-state index >= 15 is 0 Å². The largest absolute Gasteiger partial charge is 0.467 e. The van der Waals surface area contributed by atoms with E-state index in [1.165, 1.54) is 7.11 Å². The lowest BCUT2D eigenvalue weighted by molar-refractivity contribution is -0.142. The molecule has 1 aromatic carbocycles. The van der Waals surface area contributed by atoms with Crippen LogP contribution in [0.15, 0.2) is 30.3 Å². The average molecular weight is 284 g/mol. The summed E-state index contributed by atoms with van der Waals surface area (Å²) in [5.41, 5.74) is 3.03. The monoisotopic (exact) mass is 284 g/mol. The minimum absolute atomic E-state index is 0.145. The first kappa shape index (κ1) is 13.9. The zero-order valence-corrected chi connectivity index (χ0v) is 12.5. The predicted molar refractivity (Wildman–Crippen MR) is 83.5 cm³/mol. The molecule has 1 atom stereocenters. The number of carbonyl (C=O) groups is 1. The Bertz CT molecular complexity index is 669. The third-order valence-corrected chi connectivity index (χ3v) is 4.11. The van der Waals surface area contributed by atoms with Crippen LogP contribution in [0, 0.1) is 6.92 Å². The molecule has 1 aliphatic rings. The van der Waals surface area contributed by atoms with Crippen molar-refractivity contribution in [3.8, 4) is 0 Å². The molecule has 0 saturated carbocycles. The van der Waals surface area contributed by atoms with Crippen LogP contribution in [0.1, 0.15) is 25.0 Å². The van der Waals surface area contributed by atoms with Crippen molar-refractivity contribution in [1.29, 1.82) is 0 Å². The second-order valence-corrected chi connectivity index (χ2v) is 5.53. The zero-order chi connectivity index (χ0) is 14.8. The van der Waals surface area contributed by atoms with Gasteiger partial charge in [-0.05, 0) is 38.3 Å². The highest BCUT2D eigenvalue weighted by Gasteiger charge is 2.30. The van der Waals surface area contributed by atoms with E-state index in [1.54, 1.807) is 0 Å². The lowest BCUT2D eigenvalue weighted by Crippen LogP contribution is -2.45. The number of anilines is 1. The highest BCUT2D eigenvalue weighted by molar-refractivity contribution is 5.94. The van der Waals surface area contributed by atoms with Crippen molar-refractivity contribution in [3.63, 3.8) is 0 Å². The second-order valence-electron chi connectivity index (χ2n) is 5.53. The normalized spacial score (nSPS) is 18.8. The van der Waals surface area contributed by atoms with E-state index in [-0.39, 0.29) is 12.0 Å². The minimum atomic E-state index is -0.186. The number of nitrogens with zero attached hydrogens (tertiary/aromatic N) is 2. The van der Waals surface area contributed by atoms with Gasteiger partial charge >= 0.3 is 5.97 Å². The molecule has 1 aromatic heterocycles. The fourth-order valence-electron chi connectivity index (χ4n) is 3.12. The van der Waals surface area contributed by atoms with E-state index in [0.717, 1.165) is 48.1 Å². The van der Waals surface area contributed by atoms with Crippen LogP contribution in [-0.4, -0.2) is 30.6 Å². The maximum Gasteiger partial charge on any atom is 0.328 e. The molecule has 1 aliphatic heterocycles. The van der Waals surface area contributed by atoms with E-state index in [4.69, 9.17) is 4.74 Å². The molecule has 1 unspecified atom stereocenters. The SMILES string of the molecule is COC(=O)C1CCCCN1c1cc(C)nc2ccccc12. The number of esters is 1. The van der Waals surface area contributed by atoms with Crippen molar-refractivity contribution in [2.45, 2.75) is 32.2 Å². The number of piperidine rings is 1. The Morgan fingerprint density at radius 2 is 2.14 bits per heavy atom. The van der Waals surface area contributed by atoms with Crippen molar-refractivity contribution in [1.82, 2.24) is 4.98 Å². The van der Waals surface area contributed by atoms with Gasteiger partial charge in [-0.3, -0.25) is 4.98 Å². The summed E-state index contributed by atoms with van der Waals surface area (Å²) in [6.07, 6.45) is 3.02. The number of methoxy groups -OCH3 is 1. The van der Waals surface area contributed by atoms with Gasteiger partial charge in [-0.15, -0.1) is 0 Å². The Kier molecular flexibility index (Phi) is 3.78. The van der Waals surface area contributed by atoms with Crippen molar-refractivity contribution < 1.29 is 9.53 Å². The van der Waals surface area contributed by atoms with Gasteiger partial charge in [-0.25, -0.2) is 4.79 Å². The number of para-hydroxylation sites is 1. The number of hydrogen-bond donors (Lipinski definition) is 0. The molecule has 2 heterocycles. The third kappa shape index (κ3) is 2.58. The average Bonchev–Trinajstić information content (AvgIpc) is 2.53. The first-order valence-electron chi connectivity index (χ1n) is 7.41. The molecule has 1 saturated heterocycles. The molecule has 0 N–H and O–H groups in total. The Labute approximate surface area is 124 Å². The van der Waals surface area contributed by atoms with Gasteiger partial charge in [-0.1, -0.05) is 18.2 Å². The molecule has 0 aliphatic carbocycles. The Hall–Kier alpha value is -2.10. The van der Waals surface area contributed by atoms with Gasteiger partial charge in [0.2, 0.25) is 0 Å². The number of benzene rings is 1. The van der Waals surface area contributed by atoms with Crippen LogP contribution >= 0.6 is 0 Å². The minimum Gasteiger partial charge on any atom is -0.467 e. The van der Waals surface area contributed by atoms with E-state index in [0.29, 0.717) is 0 Å². The molecule has 0 bridgehead atoms. The molecule has 3 rings (SSSR count). The summed E-state index contributed by atoms with van der Waals surface area (Å²) in [5.74, 6) is -0.145. The number of pyridine rings is 1. The number of carbonyl (C=O) groups excluding carboxylic acids is 1. The summed E-state index contributed by atoms with van der Waals surface area (Å²) < 4.78 is 4.99. The van der Waals surface area contributed by atoms with Crippen molar-refractivity contribution in [3.05, 3.63) is 36.0 Å². The molecule has 21 heavy (non-hydrogen) atoms. The number of fused-ring (bicyclic) bond motifs is 1. The molecule has 0 spiro atoms. The molecular weight excluding hydrogens is 264 g/mol. The summed E-state index contributed by atoms with van der Waals surface area (Å²) in [6.45, 7) is 2.88. The first-order chi connectivity index (χ1) is 10.2. The molecule has 110 valence electrons. The number of ether oxygens (including phenoxy) is 1. The lowest BCUT2D eigenvalue weighted by atomic mass is 10.00. The highest BCUT2D eigenvalue weighted by Crippen LogP contribution is 2.32. The third-order valence-electron chi connectivity index (χ3n) is 4.11. The number of aryl methyl sites for hydroxylation is 1. The highest BCUT2D eigenvalue weighted by atomic mass is 16.5. The molecule has 2 aromatic rings. The quantitative estimate of drug-likeness (QED) is 0.795. The van der Waals surface area contributed by atoms with Gasteiger partial charge in [-0.2, -0.15) is 0 Å². The van der Waals surface area contributed by atoms with Crippen LogP contribution in [0.4, 0.5) is 5.69 Å². The summed E-state index contributed by atoms with van der Waals surface area (Å²) in [7, 11) is 1.46. The maximum absolute atomic E-state index is 12.1. The van der Waals surface area contributed by atoms with E-state index < -0.39 is 0 Å². The van der Waals surface area contributed by atoms with Gasteiger partial charge in [0.25, 0.3) is 0 Å². The number of hydrogen-bond acceptors (Lipinski definition) is 4. The van der Waals surface area contributed by atoms with Gasteiger partial charge in [0.05, 0.1) is 12.6 Å². The predicted octanol–water partition coefficient (Wildman–Crippen LogP) is 3.08. The van der Waals surface area contributed by atoms with Crippen molar-refractivity contribution in [2.75, 3.05) is 18.6 Å². The Morgan fingerprint density at radius 1 is 1.33 bits per heavy atom. The number of aromatic nitrogens is 1. The Balaban J connectivity index is 2.11. The summed E-state index contributed by atoms with van der Waals surface area (Å²) in [6, 6.07) is 9.98. The molecule has 0 radical (unpaired) electrons. The summed E-state index contributed by atoms with van der Waals surface area (Å²) >= 11 is 0. The van der Waals surface area contributed by atoms with Crippen LogP contribution < -0.4 is 4.90 Å².